The van der Waals surface area contributed by atoms with Crippen molar-refractivity contribution in [1.82, 2.24) is 0 Å². The fourth-order valence-electron chi connectivity index (χ4n) is 10.6. The summed E-state index contributed by atoms with van der Waals surface area (Å²) in [6, 6.07) is 78.5. The van der Waals surface area contributed by atoms with Gasteiger partial charge in [0.2, 0.25) is 0 Å². The Bertz CT molecular complexity index is 3130. The maximum Gasteiger partial charge on any atom is 0.0540 e. The van der Waals surface area contributed by atoms with Crippen molar-refractivity contribution >= 4 is 17.1 Å². The third-order valence-corrected chi connectivity index (χ3v) is 13.5. The molecule has 0 atom stereocenters. The summed E-state index contributed by atoms with van der Waals surface area (Å²) in [6.45, 7) is 9.52. The number of benzene rings is 9. The molecule has 9 aromatic rings. The second-order valence-corrected chi connectivity index (χ2v) is 17.6. The molecule has 0 unspecified atom stereocenters. The van der Waals surface area contributed by atoms with E-state index in [-0.39, 0.29) is 10.8 Å². The van der Waals surface area contributed by atoms with E-state index in [0.29, 0.717) is 0 Å². The lowest BCUT2D eigenvalue weighted by atomic mass is 9.78. The minimum absolute atomic E-state index is 0.111. The second kappa shape index (κ2) is 14.2. The Balaban J connectivity index is 1.17. The first-order valence-corrected chi connectivity index (χ1v) is 21.5. The molecule has 9 aromatic carbocycles. The predicted molar refractivity (Wildman–Crippen MR) is 258 cm³/mol. The van der Waals surface area contributed by atoms with Crippen LogP contribution in [0.1, 0.15) is 49.9 Å². The minimum Gasteiger partial charge on any atom is -0.309 e. The largest absolute Gasteiger partial charge is 0.309 e. The minimum atomic E-state index is -0.179. The van der Waals surface area contributed by atoms with Gasteiger partial charge in [-0.15, -0.1) is 0 Å². The average Bonchev–Trinajstić information content (AvgIpc) is 3.70. The zero-order valence-electron chi connectivity index (χ0n) is 35.2. The number of anilines is 3. The third-order valence-electron chi connectivity index (χ3n) is 13.5. The van der Waals surface area contributed by atoms with E-state index >= 15 is 0 Å². The molecule has 61 heavy (non-hydrogen) atoms. The Kier molecular flexibility index (Phi) is 8.58. The van der Waals surface area contributed by atoms with Crippen molar-refractivity contribution in [2.75, 3.05) is 4.90 Å². The number of para-hydroxylation sites is 3. The molecule has 0 fully saturated rings. The van der Waals surface area contributed by atoms with Crippen molar-refractivity contribution < 1.29 is 0 Å². The Labute approximate surface area is 360 Å². The maximum absolute atomic E-state index is 2.55. The smallest absolute Gasteiger partial charge is 0.0540 e. The molecule has 2 aliphatic rings. The van der Waals surface area contributed by atoms with Gasteiger partial charge in [-0.3, -0.25) is 0 Å². The van der Waals surface area contributed by atoms with Crippen molar-refractivity contribution in [2.24, 2.45) is 0 Å². The summed E-state index contributed by atoms with van der Waals surface area (Å²) in [5.41, 5.74) is 23.6. The summed E-state index contributed by atoms with van der Waals surface area (Å²) >= 11 is 0. The predicted octanol–water partition coefficient (Wildman–Crippen LogP) is 16.4. The van der Waals surface area contributed by atoms with Gasteiger partial charge in [0.15, 0.2) is 0 Å². The summed E-state index contributed by atoms with van der Waals surface area (Å²) in [5.74, 6) is 0. The molecular formula is C60H47N. The van der Waals surface area contributed by atoms with E-state index in [1.54, 1.807) is 0 Å². The van der Waals surface area contributed by atoms with E-state index in [2.05, 4.69) is 245 Å². The molecule has 0 N–H and O–H groups in total. The molecule has 0 amide bonds. The number of fused-ring (bicyclic) bond motifs is 6. The van der Waals surface area contributed by atoms with Crippen LogP contribution in [0.2, 0.25) is 0 Å². The summed E-state index contributed by atoms with van der Waals surface area (Å²) in [7, 11) is 0. The van der Waals surface area contributed by atoms with Crippen LogP contribution < -0.4 is 4.90 Å². The van der Waals surface area contributed by atoms with Crippen LogP contribution in [-0.2, 0) is 10.8 Å². The van der Waals surface area contributed by atoms with Gasteiger partial charge in [0.05, 0.1) is 17.1 Å². The Morgan fingerprint density at radius 2 is 0.656 bits per heavy atom. The van der Waals surface area contributed by atoms with E-state index < -0.39 is 0 Å². The lowest BCUT2D eigenvalue weighted by Gasteiger charge is -2.33. The van der Waals surface area contributed by atoms with Crippen LogP contribution in [0, 0.1) is 0 Å². The van der Waals surface area contributed by atoms with Crippen LogP contribution >= 0.6 is 0 Å². The average molecular weight is 782 g/mol. The van der Waals surface area contributed by atoms with Gasteiger partial charge in [-0.2, -0.15) is 0 Å². The maximum atomic E-state index is 2.55. The number of hydrogen-bond donors (Lipinski definition) is 0. The Hall–Kier alpha value is -7.22. The van der Waals surface area contributed by atoms with Crippen LogP contribution in [0.5, 0.6) is 0 Å². The number of hydrogen-bond acceptors (Lipinski definition) is 1. The SMILES string of the molecule is CC1(C)c2ccccc2-c2c(-c3ccccc3N(c3ccccc3-c3ccc(-c4ccccc4)cc3)c3ccccc3-c3cccc4c3C(C)(C)c3ccccc3-4)cccc21. The van der Waals surface area contributed by atoms with Gasteiger partial charge in [-0.25, -0.2) is 0 Å². The van der Waals surface area contributed by atoms with Crippen molar-refractivity contribution in [3.8, 4) is 66.8 Å². The molecule has 0 bridgehead atoms. The zero-order chi connectivity index (χ0) is 41.3. The number of nitrogens with zero attached hydrogens (tertiary/aromatic N) is 1. The molecule has 0 aromatic heterocycles. The first-order valence-electron chi connectivity index (χ1n) is 21.5. The highest BCUT2D eigenvalue weighted by molar-refractivity contribution is 6.02. The van der Waals surface area contributed by atoms with Crippen LogP contribution in [0.25, 0.3) is 66.8 Å². The molecule has 0 aliphatic heterocycles. The topological polar surface area (TPSA) is 3.24 Å². The summed E-state index contributed by atoms with van der Waals surface area (Å²) in [5, 5.41) is 0. The summed E-state index contributed by atoms with van der Waals surface area (Å²) in [6.07, 6.45) is 0. The summed E-state index contributed by atoms with van der Waals surface area (Å²) in [4.78, 5) is 2.55. The second-order valence-electron chi connectivity index (χ2n) is 17.6. The highest BCUT2D eigenvalue weighted by Gasteiger charge is 2.39. The molecule has 1 heteroatoms. The molecule has 11 rings (SSSR count). The highest BCUT2D eigenvalue weighted by Crippen LogP contribution is 2.57. The van der Waals surface area contributed by atoms with E-state index in [1.165, 1.54) is 89.0 Å². The van der Waals surface area contributed by atoms with Crippen LogP contribution in [0.15, 0.2) is 212 Å². The Morgan fingerprint density at radius 3 is 1.31 bits per heavy atom. The van der Waals surface area contributed by atoms with E-state index in [9.17, 15) is 0 Å². The van der Waals surface area contributed by atoms with E-state index in [0.717, 1.165) is 17.1 Å². The van der Waals surface area contributed by atoms with Gasteiger partial charge in [0, 0.05) is 27.5 Å². The third kappa shape index (κ3) is 5.76. The zero-order valence-corrected chi connectivity index (χ0v) is 35.2. The normalized spacial score (nSPS) is 13.8. The quantitative estimate of drug-likeness (QED) is 0.156. The lowest BCUT2D eigenvalue weighted by molar-refractivity contribution is 0.660. The van der Waals surface area contributed by atoms with Crippen molar-refractivity contribution in [3.63, 3.8) is 0 Å². The van der Waals surface area contributed by atoms with Crippen LogP contribution in [-0.4, -0.2) is 0 Å². The molecule has 0 radical (unpaired) electrons. The van der Waals surface area contributed by atoms with E-state index in [4.69, 9.17) is 0 Å². The first-order chi connectivity index (χ1) is 29.8. The standard InChI is InChI=1S/C60H47N/c1-59(2)52-31-14-9-26-50(52)57-47(27-19-32-53(57)59)45-24-11-16-34-55(45)61(54-33-15-10-22-43(54)42-38-36-41(37-39-42)40-20-6-5-7-21-40)56-35-17-12-25-46(56)49-29-18-28-48-44-23-8-13-30-51(44)60(3,4)58(48)49/h5-39H,1-4H3. The summed E-state index contributed by atoms with van der Waals surface area (Å²) < 4.78 is 0. The molecule has 0 saturated carbocycles. The molecule has 2 aliphatic carbocycles. The molecule has 0 heterocycles. The Morgan fingerprint density at radius 1 is 0.262 bits per heavy atom. The van der Waals surface area contributed by atoms with Gasteiger partial charge < -0.3 is 4.90 Å². The fraction of sp³-hybridized carbons (Fsp3) is 0.100. The van der Waals surface area contributed by atoms with Gasteiger partial charge in [-0.05, 0) is 90.5 Å². The lowest BCUT2D eigenvalue weighted by Crippen LogP contribution is -2.17. The van der Waals surface area contributed by atoms with Gasteiger partial charge in [0.1, 0.15) is 0 Å². The number of rotatable bonds is 7. The molecule has 1 nitrogen and oxygen atoms in total. The van der Waals surface area contributed by atoms with Gasteiger partial charge >= 0.3 is 0 Å². The van der Waals surface area contributed by atoms with Gasteiger partial charge in [-0.1, -0.05) is 222 Å². The van der Waals surface area contributed by atoms with Crippen molar-refractivity contribution in [2.45, 2.75) is 38.5 Å². The van der Waals surface area contributed by atoms with Crippen LogP contribution in [0.3, 0.4) is 0 Å². The fourth-order valence-corrected chi connectivity index (χ4v) is 10.6. The van der Waals surface area contributed by atoms with Crippen LogP contribution in [0.4, 0.5) is 17.1 Å². The highest BCUT2D eigenvalue weighted by atomic mass is 15.1. The molecule has 292 valence electrons. The molecule has 0 spiro atoms. The van der Waals surface area contributed by atoms with Gasteiger partial charge in [0.25, 0.3) is 0 Å². The first kappa shape index (κ1) is 36.8. The monoisotopic (exact) mass is 781 g/mol. The van der Waals surface area contributed by atoms with Crippen molar-refractivity contribution in [3.05, 3.63) is 235 Å². The molecular weight excluding hydrogens is 735 g/mol. The molecule has 0 saturated heterocycles. The van der Waals surface area contributed by atoms with Crippen molar-refractivity contribution in [1.29, 1.82) is 0 Å². The van der Waals surface area contributed by atoms with E-state index in [1.807, 2.05) is 0 Å².